The highest BCUT2D eigenvalue weighted by molar-refractivity contribution is 5.73. The summed E-state index contributed by atoms with van der Waals surface area (Å²) >= 11 is 0. The number of hydrogen-bond acceptors (Lipinski definition) is 2. The normalized spacial score (nSPS) is 11.9. The summed E-state index contributed by atoms with van der Waals surface area (Å²) in [4.78, 5) is 11.4. The molecular weight excluding hydrogens is 228 g/mol. The van der Waals surface area contributed by atoms with E-state index in [1.807, 2.05) is 24.3 Å². The molecule has 2 amide bonds. The second kappa shape index (κ2) is 7.71. The summed E-state index contributed by atoms with van der Waals surface area (Å²) in [6.07, 6.45) is 1.61. The molecular formula is C14H22N2O2. The summed E-state index contributed by atoms with van der Waals surface area (Å²) in [5.41, 5.74) is 1.90. The maximum atomic E-state index is 11.4. The van der Waals surface area contributed by atoms with Crippen LogP contribution in [0.25, 0.3) is 0 Å². The van der Waals surface area contributed by atoms with Crippen molar-refractivity contribution >= 4 is 6.03 Å². The van der Waals surface area contributed by atoms with Crippen LogP contribution in [0.1, 0.15) is 43.9 Å². The van der Waals surface area contributed by atoms with Crippen LogP contribution in [0.5, 0.6) is 0 Å². The van der Waals surface area contributed by atoms with Crippen molar-refractivity contribution in [3.63, 3.8) is 0 Å². The summed E-state index contributed by atoms with van der Waals surface area (Å²) in [5, 5.41) is 15.0. The van der Waals surface area contributed by atoms with Gasteiger partial charge in [0.15, 0.2) is 0 Å². The number of amides is 2. The average molecular weight is 250 g/mol. The van der Waals surface area contributed by atoms with E-state index in [9.17, 15) is 9.90 Å². The van der Waals surface area contributed by atoms with Crippen LogP contribution in [0.15, 0.2) is 24.3 Å². The molecule has 1 rings (SSSR count). The number of aliphatic hydroxyl groups is 1. The van der Waals surface area contributed by atoms with Crippen LogP contribution in [0.4, 0.5) is 4.79 Å². The van der Waals surface area contributed by atoms with E-state index in [1.165, 1.54) is 0 Å². The second-order valence-electron chi connectivity index (χ2n) is 4.38. The Hall–Kier alpha value is -1.55. The molecule has 0 fully saturated rings. The monoisotopic (exact) mass is 250 g/mol. The molecule has 0 aliphatic carbocycles. The van der Waals surface area contributed by atoms with Crippen molar-refractivity contribution in [2.45, 2.75) is 39.3 Å². The van der Waals surface area contributed by atoms with Crippen LogP contribution in [-0.4, -0.2) is 17.7 Å². The third-order valence-electron chi connectivity index (χ3n) is 2.73. The number of nitrogens with one attached hydrogen (secondary N) is 2. The van der Waals surface area contributed by atoms with Crippen molar-refractivity contribution < 1.29 is 9.90 Å². The van der Waals surface area contributed by atoms with Crippen molar-refractivity contribution in [3.8, 4) is 0 Å². The third-order valence-corrected chi connectivity index (χ3v) is 2.73. The zero-order valence-electron chi connectivity index (χ0n) is 11.1. The Kier molecular flexibility index (Phi) is 6.22. The Bertz CT molecular complexity index is 361. The van der Waals surface area contributed by atoms with E-state index < -0.39 is 6.10 Å². The third kappa shape index (κ3) is 5.19. The molecule has 1 aromatic rings. The summed E-state index contributed by atoms with van der Waals surface area (Å²) in [6, 6.07) is 7.43. The molecule has 4 nitrogen and oxygen atoms in total. The average Bonchev–Trinajstić information content (AvgIpc) is 2.37. The fourth-order valence-electron chi connectivity index (χ4n) is 1.54. The Morgan fingerprint density at radius 1 is 1.28 bits per heavy atom. The van der Waals surface area contributed by atoms with Crippen molar-refractivity contribution in [2.75, 3.05) is 6.54 Å². The molecule has 0 aliphatic heterocycles. The Morgan fingerprint density at radius 3 is 2.50 bits per heavy atom. The fraction of sp³-hybridized carbons (Fsp3) is 0.500. The van der Waals surface area contributed by atoms with Gasteiger partial charge in [-0.05, 0) is 24.5 Å². The van der Waals surface area contributed by atoms with Gasteiger partial charge < -0.3 is 15.7 Å². The van der Waals surface area contributed by atoms with Gasteiger partial charge in [-0.15, -0.1) is 0 Å². The standard InChI is InChI=1S/C14H22N2O2/c1-3-4-9-15-14(18)16-10-12-5-7-13(8-6-12)11(2)17/h5-8,11,17H,3-4,9-10H2,1-2H3,(H2,15,16,18)/t11-/m1/s1. The quantitative estimate of drug-likeness (QED) is 0.679. The zero-order valence-corrected chi connectivity index (χ0v) is 11.1. The van der Waals surface area contributed by atoms with Crippen molar-refractivity contribution in [1.29, 1.82) is 0 Å². The maximum Gasteiger partial charge on any atom is 0.315 e. The molecule has 0 heterocycles. The van der Waals surface area contributed by atoms with Crippen molar-refractivity contribution in [1.82, 2.24) is 10.6 Å². The summed E-state index contributed by atoms with van der Waals surface area (Å²) in [6.45, 7) is 5.03. The van der Waals surface area contributed by atoms with Crippen LogP contribution in [-0.2, 0) is 6.54 Å². The number of benzene rings is 1. The fourth-order valence-corrected chi connectivity index (χ4v) is 1.54. The van der Waals surface area contributed by atoms with E-state index in [0.29, 0.717) is 13.1 Å². The van der Waals surface area contributed by atoms with Gasteiger partial charge in [-0.3, -0.25) is 0 Å². The highest BCUT2D eigenvalue weighted by Gasteiger charge is 2.02. The van der Waals surface area contributed by atoms with E-state index >= 15 is 0 Å². The number of unbranched alkanes of at least 4 members (excludes halogenated alkanes) is 1. The lowest BCUT2D eigenvalue weighted by molar-refractivity contribution is 0.199. The highest BCUT2D eigenvalue weighted by Crippen LogP contribution is 2.12. The summed E-state index contributed by atoms with van der Waals surface area (Å²) < 4.78 is 0. The minimum Gasteiger partial charge on any atom is -0.389 e. The first-order valence-electron chi connectivity index (χ1n) is 6.42. The van der Waals surface area contributed by atoms with Gasteiger partial charge in [-0.1, -0.05) is 37.6 Å². The summed E-state index contributed by atoms with van der Waals surface area (Å²) in [7, 11) is 0. The minimum atomic E-state index is -0.454. The number of carbonyl (C=O) groups excluding carboxylic acids is 1. The number of aliphatic hydroxyl groups excluding tert-OH is 1. The van der Waals surface area contributed by atoms with Gasteiger partial charge in [-0.25, -0.2) is 4.79 Å². The van der Waals surface area contributed by atoms with E-state index in [2.05, 4.69) is 17.6 Å². The first-order valence-corrected chi connectivity index (χ1v) is 6.42. The predicted molar refractivity (Wildman–Crippen MR) is 72.2 cm³/mol. The Balaban J connectivity index is 2.32. The van der Waals surface area contributed by atoms with Crippen LogP contribution in [0.2, 0.25) is 0 Å². The molecule has 0 radical (unpaired) electrons. The molecule has 100 valence electrons. The molecule has 3 N–H and O–H groups in total. The minimum absolute atomic E-state index is 0.136. The number of hydrogen-bond donors (Lipinski definition) is 3. The number of carbonyl (C=O) groups is 1. The topological polar surface area (TPSA) is 61.4 Å². The SMILES string of the molecule is CCCCNC(=O)NCc1ccc([C@@H](C)O)cc1. The molecule has 0 aromatic heterocycles. The van der Waals surface area contributed by atoms with Crippen LogP contribution in [0.3, 0.4) is 0 Å². The highest BCUT2D eigenvalue weighted by atomic mass is 16.3. The van der Waals surface area contributed by atoms with Gasteiger partial charge in [0.25, 0.3) is 0 Å². The Morgan fingerprint density at radius 2 is 1.94 bits per heavy atom. The molecule has 0 unspecified atom stereocenters. The van der Waals surface area contributed by atoms with Gasteiger partial charge in [0.1, 0.15) is 0 Å². The maximum absolute atomic E-state index is 11.4. The van der Waals surface area contributed by atoms with Gasteiger partial charge >= 0.3 is 6.03 Å². The Labute approximate surface area is 108 Å². The largest absolute Gasteiger partial charge is 0.389 e. The van der Waals surface area contributed by atoms with Gasteiger partial charge in [-0.2, -0.15) is 0 Å². The molecule has 0 saturated heterocycles. The molecule has 0 spiro atoms. The van der Waals surface area contributed by atoms with Crippen molar-refractivity contribution in [2.24, 2.45) is 0 Å². The van der Waals surface area contributed by atoms with Crippen molar-refractivity contribution in [3.05, 3.63) is 35.4 Å². The van der Waals surface area contributed by atoms with Crippen LogP contribution < -0.4 is 10.6 Å². The zero-order chi connectivity index (χ0) is 13.4. The van der Waals surface area contributed by atoms with E-state index in [0.717, 1.165) is 24.0 Å². The second-order valence-corrected chi connectivity index (χ2v) is 4.38. The molecule has 1 atom stereocenters. The predicted octanol–water partition coefficient (Wildman–Crippen LogP) is 2.34. The lowest BCUT2D eigenvalue weighted by Gasteiger charge is -2.08. The van der Waals surface area contributed by atoms with E-state index in [1.54, 1.807) is 6.92 Å². The number of urea groups is 1. The van der Waals surface area contributed by atoms with Crippen LogP contribution in [0, 0.1) is 0 Å². The lowest BCUT2D eigenvalue weighted by atomic mass is 10.1. The molecule has 1 aromatic carbocycles. The molecule has 18 heavy (non-hydrogen) atoms. The van der Waals surface area contributed by atoms with Gasteiger partial charge in [0.05, 0.1) is 6.10 Å². The molecule has 0 aliphatic rings. The number of rotatable bonds is 6. The van der Waals surface area contributed by atoms with E-state index in [4.69, 9.17) is 0 Å². The molecule has 0 bridgehead atoms. The van der Waals surface area contributed by atoms with Crippen LogP contribution >= 0.6 is 0 Å². The molecule has 0 saturated carbocycles. The van der Waals surface area contributed by atoms with Gasteiger partial charge in [0.2, 0.25) is 0 Å². The smallest absolute Gasteiger partial charge is 0.315 e. The van der Waals surface area contributed by atoms with E-state index in [-0.39, 0.29) is 6.03 Å². The first-order chi connectivity index (χ1) is 8.63. The summed E-state index contributed by atoms with van der Waals surface area (Å²) in [5.74, 6) is 0. The molecule has 4 heteroatoms. The first kappa shape index (κ1) is 14.5. The lowest BCUT2D eigenvalue weighted by Crippen LogP contribution is -2.35. The van der Waals surface area contributed by atoms with Gasteiger partial charge in [0, 0.05) is 13.1 Å².